The summed E-state index contributed by atoms with van der Waals surface area (Å²) in [5, 5.41) is 0. The number of unbranched alkanes of at least 4 members (excludes halogenated alkanes) is 15. The van der Waals surface area contributed by atoms with Crippen LogP contribution in [0.25, 0.3) is 0 Å². The SMILES string of the molecule is CCCCCCCCCCCCCCCCCCOC[C@@H]1COC(C)(C)O1. The molecule has 0 spiro atoms. The summed E-state index contributed by atoms with van der Waals surface area (Å²) in [6.07, 6.45) is 22.6. The second-order valence-electron chi connectivity index (χ2n) is 8.83. The van der Waals surface area contributed by atoms with Gasteiger partial charge in [-0.15, -0.1) is 0 Å². The molecule has 3 heteroatoms. The maximum atomic E-state index is 5.73. The van der Waals surface area contributed by atoms with Crippen molar-refractivity contribution < 1.29 is 14.2 Å². The zero-order valence-electron chi connectivity index (χ0n) is 18.7. The molecule has 0 amide bonds. The van der Waals surface area contributed by atoms with Gasteiger partial charge >= 0.3 is 0 Å². The first-order chi connectivity index (χ1) is 13.1. The van der Waals surface area contributed by atoms with Crippen LogP contribution in [0.4, 0.5) is 0 Å². The van der Waals surface area contributed by atoms with Crippen LogP contribution in [-0.2, 0) is 14.2 Å². The molecule has 1 saturated heterocycles. The Labute approximate surface area is 169 Å². The van der Waals surface area contributed by atoms with Crippen molar-refractivity contribution in [1.29, 1.82) is 0 Å². The molecule has 1 aliphatic heterocycles. The van der Waals surface area contributed by atoms with Crippen molar-refractivity contribution >= 4 is 0 Å². The Morgan fingerprint density at radius 3 is 1.56 bits per heavy atom. The third kappa shape index (κ3) is 15.5. The van der Waals surface area contributed by atoms with Gasteiger partial charge in [0.25, 0.3) is 0 Å². The minimum absolute atomic E-state index is 0.112. The molecular weight excluding hydrogens is 336 g/mol. The molecule has 1 rings (SSSR count). The smallest absolute Gasteiger partial charge is 0.163 e. The highest BCUT2D eigenvalue weighted by molar-refractivity contribution is 4.70. The van der Waals surface area contributed by atoms with Gasteiger partial charge < -0.3 is 14.2 Å². The average molecular weight is 385 g/mol. The van der Waals surface area contributed by atoms with E-state index in [9.17, 15) is 0 Å². The molecule has 1 atom stereocenters. The van der Waals surface area contributed by atoms with Crippen LogP contribution < -0.4 is 0 Å². The fourth-order valence-electron chi connectivity index (χ4n) is 3.81. The summed E-state index contributed by atoms with van der Waals surface area (Å²) >= 11 is 0. The Bertz CT molecular complexity index is 317. The zero-order valence-corrected chi connectivity index (χ0v) is 18.7. The number of ether oxygens (including phenoxy) is 3. The highest BCUT2D eigenvalue weighted by atomic mass is 16.7. The van der Waals surface area contributed by atoms with E-state index in [2.05, 4.69) is 6.92 Å². The molecule has 162 valence electrons. The Morgan fingerprint density at radius 1 is 0.704 bits per heavy atom. The predicted octanol–water partition coefficient (Wildman–Crippen LogP) is 7.42. The van der Waals surface area contributed by atoms with E-state index in [-0.39, 0.29) is 6.10 Å². The number of hydrogen-bond donors (Lipinski definition) is 0. The second-order valence-corrected chi connectivity index (χ2v) is 8.83. The molecule has 0 aromatic heterocycles. The highest BCUT2D eigenvalue weighted by Gasteiger charge is 2.32. The molecule has 0 aromatic rings. The van der Waals surface area contributed by atoms with Crippen molar-refractivity contribution in [2.24, 2.45) is 0 Å². The van der Waals surface area contributed by atoms with E-state index < -0.39 is 5.79 Å². The fraction of sp³-hybridized carbons (Fsp3) is 1.00. The normalized spacial score (nSPS) is 19.0. The van der Waals surface area contributed by atoms with E-state index in [1.807, 2.05) is 13.8 Å². The fourth-order valence-corrected chi connectivity index (χ4v) is 3.81. The molecule has 3 nitrogen and oxygen atoms in total. The lowest BCUT2D eigenvalue weighted by Crippen LogP contribution is -2.24. The van der Waals surface area contributed by atoms with Crippen LogP contribution >= 0.6 is 0 Å². The van der Waals surface area contributed by atoms with Gasteiger partial charge in [0.1, 0.15) is 6.10 Å². The Morgan fingerprint density at radius 2 is 1.15 bits per heavy atom. The van der Waals surface area contributed by atoms with E-state index in [0.717, 1.165) is 6.61 Å². The van der Waals surface area contributed by atoms with Crippen molar-refractivity contribution in [1.82, 2.24) is 0 Å². The Kier molecular flexibility index (Phi) is 15.5. The molecule has 0 bridgehead atoms. The first-order valence-corrected chi connectivity index (χ1v) is 12.0. The molecular formula is C24H48O3. The maximum absolute atomic E-state index is 5.73. The van der Waals surface area contributed by atoms with Crippen LogP contribution in [0.3, 0.4) is 0 Å². The molecule has 0 radical (unpaired) electrons. The van der Waals surface area contributed by atoms with Crippen LogP contribution in [-0.4, -0.2) is 31.7 Å². The minimum atomic E-state index is -0.428. The van der Waals surface area contributed by atoms with Crippen molar-refractivity contribution in [2.45, 2.75) is 135 Å². The molecule has 0 unspecified atom stereocenters. The minimum Gasteiger partial charge on any atom is -0.379 e. The van der Waals surface area contributed by atoms with E-state index >= 15 is 0 Å². The second kappa shape index (κ2) is 16.8. The van der Waals surface area contributed by atoms with E-state index in [0.29, 0.717) is 13.2 Å². The number of rotatable bonds is 19. The van der Waals surface area contributed by atoms with Gasteiger partial charge in [-0.3, -0.25) is 0 Å². The lowest BCUT2D eigenvalue weighted by molar-refractivity contribution is -0.145. The Hall–Kier alpha value is -0.120. The quantitative estimate of drug-likeness (QED) is 0.217. The third-order valence-electron chi connectivity index (χ3n) is 5.51. The summed E-state index contributed by atoms with van der Waals surface area (Å²) in [5.41, 5.74) is 0. The molecule has 1 heterocycles. The van der Waals surface area contributed by atoms with Crippen LogP contribution in [0.5, 0.6) is 0 Å². The van der Waals surface area contributed by atoms with Crippen molar-refractivity contribution in [3.05, 3.63) is 0 Å². The van der Waals surface area contributed by atoms with Crippen molar-refractivity contribution in [2.75, 3.05) is 19.8 Å². The molecule has 1 fully saturated rings. The summed E-state index contributed by atoms with van der Waals surface area (Å²) in [4.78, 5) is 0. The Balaban J connectivity index is 1.68. The molecule has 1 aliphatic rings. The molecule has 27 heavy (non-hydrogen) atoms. The van der Waals surface area contributed by atoms with Gasteiger partial charge in [-0.2, -0.15) is 0 Å². The average Bonchev–Trinajstić information content (AvgIpc) is 2.99. The number of hydrogen-bond acceptors (Lipinski definition) is 3. The summed E-state index contributed by atoms with van der Waals surface area (Å²) in [5.74, 6) is -0.428. The lowest BCUT2D eigenvalue weighted by Gasteiger charge is -2.17. The van der Waals surface area contributed by atoms with Crippen molar-refractivity contribution in [3.63, 3.8) is 0 Å². The van der Waals surface area contributed by atoms with Crippen LogP contribution in [0.15, 0.2) is 0 Å². The van der Waals surface area contributed by atoms with Gasteiger partial charge in [-0.25, -0.2) is 0 Å². The van der Waals surface area contributed by atoms with E-state index in [4.69, 9.17) is 14.2 Å². The summed E-state index contributed by atoms with van der Waals surface area (Å²) < 4.78 is 17.0. The van der Waals surface area contributed by atoms with Gasteiger partial charge in [0.15, 0.2) is 5.79 Å². The van der Waals surface area contributed by atoms with Gasteiger partial charge in [0, 0.05) is 6.61 Å². The van der Waals surface area contributed by atoms with E-state index in [1.165, 1.54) is 103 Å². The lowest BCUT2D eigenvalue weighted by atomic mass is 10.0. The van der Waals surface area contributed by atoms with E-state index in [1.54, 1.807) is 0 Å². The summed E-state index contributed by atoms with van der Waals surface area (Å²) in [6, 6.07) is 0. The molecule has 0 aromatic carbocycles. The molecule has 0 N–H and O–H groups in total. The summed E-state index contributed by atoms with van der Waals surface area (Å²) in [6.45, 7) is 8.40. The first-order valence-electron chi connectivity index (χ1n) is 12.0. The van der Waals surface area contributed by atoms with Crippen LogP contribution in [0.1, 0.15) is 124 Å². The largest absolute Gasteiger partial charge is 0.379 e. The standard InChI is InChI=1S/C24H48O3/c1-4-5-6-7-8-9-10-11-12-13-14-15-16-17-18-19-20-25-21-23-22-26-24(2,3)27-23/h23H,4-22H2,1-3H3/t23-/m1/s1. The molecule has 0 saturated carbocycles. The van der Waals surface area contributed by atoms with Crippen LogP contribution in [0.2, 0.25) is 0 Å². The summed E-state index contributed by atoms with van der Waals surface area (Å²) in [7, 11) is 0. The van der Waals surface area contributed by atoms with Gasteiger partial charge in [-0.05, 0) is 20.3 Å². The topological polar surface area (TPSA) is 27.7 Å². The monoisotopic (exact) mass is 384 g/mol. The predicted molar refractivity (Wildman–Crippen MR) is 115 cm³/mol. The van der Waals surface area contributed by atoms with Gasteiger partial charge in [0.2, 0.25) is 0 Å². The zero-order chi connectivity index (χ0) is 19.6. The highest BCUT2D eigenvalue weighted by Crippen LogP contribution is 2.22. The van der Waals surface area contributed by atoms with Crippen LogP contribution in [0, 0.1) is 0 Å². The van der Waals surface area contributed by atoms with Gasteiger partial charge in [-0.1, -0.05) is 103 Å². The van der Waals surface area contributed by atoms with Gasteiger partial charge in [0.05, 0.1) is 13.2 Å². The third-order valence-corrected chi connectivity index (χ3v) is 5.51. The maximum Gasteiger partial charge on any atom is 0.163 e. The molecule has 0 aliphatic carbocycles. The van der Waals surface area contributed by atoms with Crippen molar-refractivity contribution in [3.8, 4) is 0 Å². The first kappa shape index (κ1) is 24.9.